The molecule has 3 aromatic rings. The van der Waals surface area contributed by atoms with Crippen molar-refractivity contribution in [2.24, 2.45) is 0 Å². The first-order chi connectivity index (χ1) is 9.24. The molecule has 98 valence electrons. The number of benzene rings is 1. The summed E-state index contributed by atoms with van der Waals surface area (Å²) < 4.78 is 5.89. The topological polar surface area (TPSA) is 25.2 Å². The third-order valence-corrected chi connectivity index (χ3v) is 4.40. The molecule has 0 radical (unpaired) electrons. The molecule has 19 heavy (non-hydrogen) atoms. The van der Waals surface area contributed by atoms with E-state index in [9.17, 15) is 0 Å². The van der Waals surface area contributed by atoms with Crippen molar-refractivity contribution in [3.8, 4) is 0 Å². The van der Waals surface area contributed by atoms with Crippen LogP contribution in [0.1, 0.15) is 36.6 Å². The lowest BCUT2D eigenvalue weighted by atomic mass is 10.2. The normalized spacial score (nSPS) is 14.6. The number of para-hydroxylation sites is 1. The maximum atomic E-state index is 5.89. The number of hydrogen-bond acceptors (Lipinski definition) is 3. The van der Waals surface area contributed by atoms with Gasteiger partial charge in [-0.1, -0.05) is 24.3 Å². The van der Waals surface area contributed by atoms with Crippen molar-refractivity contribution in [1.29, 1.82) is 0 Å². The smallest absolute Gasteiger partial charge is 0.134 e. The Morgan fingerprint density at radius 3 is 2.63 bits per heavy atom. The molecule has 2 atom stereocenters. The van der Waals surface area contributed by atoms with Gasteiger partial charge in [0.2, 0.25) is 0 Å². The summed E-state index contributed by atoms with van der Waals surface area (Å²) >= 11 is 1.78. The lowest BCUT2D eigenvalue weighted by molar-refractivity contribution is 0.420. The Morgan fingerprint density at radius 2 is 1.89 bits per heavy atom. The van der Waals surface area contributed by atoms with E-state index in [0.717, 1.165) is 16.7 Å². The van der Waals surface area contributed by atoms with Crippen molar-refractivity contribution in [2.45, 2.75) is 25.9 Å². The lowest BCUT2D eigenvalue weighted by Gasteiger charge is -2.17. The molecule has 2 heterocycles. The molecule has 1 N–H and O–H groups in total. The van der Waals surface area contributed by atoms with Gasteiger partial charge in [0.1, 0.15) is 11.3 Å². The van der Waals surface area contributed by atoms with Crippen LogP contribution in [-0.4, -0.2) is 0 Å². The highest BCUT2D eigenvalue weighted by Crippen LogP contribution is 2.26. The second-order valence-electron chi connectivity index (χ2n) is 4.81. The Labute approximate surface area is 117 Å². The van der Waals surface area contributed by atoms with Gasteiger partial charge in [-0.3, -0.25) is 0 Å². The Kier molecular flexibility index (Phi) is 3.40. The summed E-state index contributed by atoms with van der Waals surface area (Å²) in [5.41, 5.74) is 0.954. The lowest BCUT2D eigenvalue weighted by Crippen LogP contribution is -2.21. The third kappa shape index (κ3) is 2.57. The summed E-state index contributed by atoms with van der Waals surface area (Å²) in [5.74, 6) is 0.990. The van der Waals surface area contributed by atoms with E-state index in [4.69, 9.17) is 4.42 Å². The van der Waals surface area contributed by atoms with Gasteiger partial charge in [0, 0.05) is 16.3 Å². The number of rotatable bonds is 4. The molecule has 0 aliphatic carbocycles. The highest BCUT2D eigenvalue weighted by Gasteiger charge is 2.15. The fourth-order valence-corrected chi connectivity index (χ4v) is 3.04. The summed E-state index contributed by atoms with van der Waals surface area (Å²) in [4.78, 5) is 1.35. The first-order valence-electron chi connectivity index (χ1n) is 6.52. The van der Waals surface area contributed by atoms with Gasteiger partial charge in [0.05, 0.1) is 6.04 Å². The van der Waals surface area contributed by atoms with E-state index in [2.05, 4.69) is 48.8 Å². The molecule has 0 bridgehead atoms. The van der Waals surface area contributed by atoms with Crippen LogP contribution in [0.2, 0.25) is 0 Å². The first kappa shape index (κ1) is 12.5. The largest absolute Gasteiger partial charge is 0.459 e. The molecule has 2 nitrogen and oxygen atoms in total. The maximum absolute atomic E-state index is 5.89. The van der Waals surface area contributed by atoms with Crippen LogP contribution in [0, 0.1) is 0 Å². The minimum atomic E-state index is 0.199. The van der Waals surface area contributed by atoms with Crippen LogP contribution in [0.4, 0.5) is 0 Å². The average molecular weight is 271 g/mol. The van der Waals surface area contributed by atoms with Crippen molar-refractivity contribution in [3.63, 3.8) is 0 Å². The van der Waals surface area contributed by atoms with Gasteiger partial charge in [0.15, 0.2) is 0 Å². The van der Waals surface area contributed by atoms with E-state index in [-0.39, 0.29) is 6.04 Å². The molecule has 0 fully saturated rings. The number of furan rings is 1. The van der Waals surface area contributed by atoms with Crippen LogP contribution in [0.3, 0.4) is 0 Å². The summed E-state index contributed by atoms with van der Waals surface area (Å²) in [6.07, 6.45) is 0. The minimum Gasteiger partial charge on any atom is -0.459 e. The molecule has 2 aromatic heterocycles. The van der Waals surface area contributed by atoms with Crippen LogP contribution in [-0.2, 0) is 0 Å². The van der Waals surface area contributed by atoms with E-state index in [1.54, 1.807) is 11.3 Å². The number of fused-ring (bicyclic) bond motifs is 1. The number of thiophene rings is 1. The van der Waals surface area contributed by atoms with Crippen molar-refractivity contribution >= 4 is 22.3 Å². The Morgan fingerprint density at radius 1 is 1.05 bits per heavy atom. The van der Waals surface area contributed by atoms with Gasteiger partial charge in [-0.15, -0.1) is 11.3 Å². The summed E-state index contributed by atoms with van der Waals surface area (Å²) in [5, 5.41) is 6.85. The van der Waals surface area contributed by atoms with Crippen LogP contribution >= 0.6 is 11.3 Å². The quantitative estimate of drug-likeness (QED) is 0.729. The van der Waals surface area contributed by atoms with Crippen molar-refractivity contribution in [1.82, 2.24) is 5.32 Å². The second-order valence-corrected chi connectivity index (χ2v) is 5.79. The predicted octanol–water partition coefficient (Wildman–Crippen LogP) is 4.91. The Bertz CT molecular complexity index is 623. The molecule has 0 saturated carbocycles. The van der Waals surface area contributed by atoms with Gasteiger partial charge in [-0.25, -0.2) is 0 Å². The number of hydrogen-bond donors (Lipinski definition) is 1. The Hall–Kier alpha value is -1.58. The van der Waals surface area contributed by atoms with Crippen LogP contribution in [0.25, 0.3) is 11.0 Å². The molecule has 3 rings (SSSR count). The molecule has 3 heteroatoms. The molecular weight excluding hydrogens is 254 g/mol. The van der Waals surface area contributed by atoms with Crippen LogP contribution < -0.4 is 5.32 Å². The molecule has 0 aliphatic heterocycles. The highest BCUT2D eigenvalue weighted by atomic mass is 32.1. The molecule has 0 amide bonds. The van der Waals surface area contributed by atoms with Crippen molar-refractivity contribution < 1.29 is 4.42 Å². The fraction of sp³-hybridized carbons (Fsp3) is 0.250. The van der Waals surface area contributed by atoms with Crippen molar-refractivity contribution in [3.05, 3.63) is 58.5 Å². The molecular formula is C16H17NOS. The standard InChI is InChI=1S/C16H17NOS/c1-11(17-12(2)16-8-5-9-19-16)15-10-13-6-3-4-7-14(13)18-15/h3-12,17H,1-2H3/t11?,12-/m1/s1. The van der Waals surface area contributed by atoms with Crippen LogP contribution in [0.15, 0.2) is 52.3 Å². The number of nitrogens with one attached hydrogen (secondary N) is 1. The molecule has 1 unspecified atom stereocenters. The predicted molar refractivity (Wildman–Crippen MR) is 80.5 cm³/mol. The van der Waals surface area contributed by atoms with E-state index in [1.807, 2.05) is 18.2 Å². The van der Waals surface area contributed by atoms with Gasteiger partial charge in [0.25, 0.3) is 0 Å². The van der Waals surface area contributed by atoms with Gasteiger partial charge in [-0.2, -0.15) is 0 Å². The van der Waals surface area contributed by atoms with E-state index in [1.165, 1.54) is 4.88 Å². The van der Waals surface area contributed by atoms with Gasteiger partial charge in [-0.05, 0) is 37.4 Å². The zero-order valence-corrected chi connectivity index (χ0v) is 11.9. The zero-order valence-electron chi connectivity index (χ0n) is 11.1. The fourth-order valence-electron chi connectivity index (χ4n) is 2.29. The molecule has 0 saturated heterocycles. The van der Waals surface area contributed by atoms with E-state index in [0.29, 0.717) is 6.04 Å². The maximum Gasteiger partial charge on any atom is 0.134 e. The molecule has 0 spiro atoms. The minimum absolute atomic E-state index is 0.199. The molecule has 1 aromatic carbocycles. The molecule has 0 aliphatic rings. The van der Waals surface area contributed by atoms with Gasteiger partial charge >= 0.3 is 0 Å². The average Bonchev–Trinajstić information content (AvgIpc) is 3.07. The van der Waals surface area contributed by atoms with Gasteiger partial charge < -0.3 is 9.73 Å². The first-order valence-corrected chi connectivity index (χ1v) is 7.40. The van der Waals surface area contributed by atoms with Crippen LogP contribution in [0.5, 0.6) is 0 Å². The van der Waals surface area contributed by atoms with Crippen molar-refractivity contribution in [2.75, 3.05) is 0 Å². The zero-order chi connectivity index (χ0) is 13.2. The monoisotopic (exact) mass is 271 g/mol. The summed E-state index contributed by atoms with van der Waals surface area (Å²) in [6, 6.07) is 15.0. The Balaban J connectivity index is 1.78. The third-order valence-electron chi connectivity index (χ3n) is 3.34. The second kappa shape index (κ2) is 5.19. The van der Waals surface area contributed by atoms with E-state index < -0.39 is 0 Å². The van der Waals surface area contributed by atoms with E-state index >= 15 is 0 Å². The SMILES string of the molecule is CC(N[C@H](C)c1cccs1)c1cc2ccccc2o1. The highest BCUT2D eigenvalue weighted by molar-refractivity contribution is 7.10. The summed E-state index contributed by atoms with van der Waals surface area (Å²) in [6.45, 7) is 4.33. The summed E-state index contributed by atoms with van der Waals surface area (Å²) in [7, 11) is 0.